The van der Waals surface area contributed by atoms with Crippen molar-refractivity contribution in [2.45, 2.75) is 19.4 Å². The molecule has 1 aromatic heterocycles. The van der Waals surface area contributed by atoms with Gasteiger partial charge in [-0.1, -0.05) is 29.8 Å². The van der Waals surface area contributed by atoms with Gasteiger partial charge in [0.15, 0.2) is 15.6 Å². The monoisotopic (exact) mass is 497 g/mol. The molecule has 0 bridgehead atoms. The van der Waals surface area contributed by atoms with Crippen LogP contribution in [0.3, 0.4) is 0 Å². The summed E-state index contributed by atoms with van der Waals surface area (Å²) < 4.78 is 30.8. The standard InChI is InChI=1S/C24H20ClN3O5S/c1-15-19(12-26)23(29)28(17-9-10-34(31,32)14-17)24(30)20(15)13-27-21-11-16(25)7-8-22(21)33-18-5-3-2-4-6-18/h2-8,11,13,17,30H,9-10,14H2,1H3. The third kappa shape index (κ3) is 4.69. The Morgan fingerprint density at radius 3 is 2.65 bits per heavy atom. The summed E-state index contributed by atoms with van der Waals surface area (Å²) in [4.78, 5) is 17.3. The average Bonchev–Trinajstić information content (AvgIpc) is 3.15. The Balaban J connectivity index is 1.80. The van der Waals surface area contributed by atoms with Crippen LogP contribution in [-0.4, -0.2) is 35.8 Å². The zero-order valence-electron chi connectivity index (χ0n) is 18.1. The molecule has 3 aromatic rings. The fourth-order valence-electron chi connectivity index (χ4n) is 3.84. The number of nitrogens with zero attached hydrogens (tertiary/aromatic N) is 3. The molecule has 4 rings (SSSR count). The van der Waals surface area contributed by atoms with Crippen LogP contribution >= 0.6 is 11.6 Å². The van der Waals surface area contributed by atoms with Crippen LogP contribution in [0.4, 0.5) is 5.69 Å². The SMILES string of the molecule is Cc1c(C=Nc2cc(Cl)ccc2Oc2ccccc2)c(O)n(C2CCS(=O)(=O)C2)c(=O)c1C#N. The Labute approximate surface area is 201 Å². The van der Waals surface area contributed by atoms with Crippen LogP contribution in [0.1, 0.15) is 29.2 Å². The summed E-state index contributed by atoms with van der Waals surface area (Å²) in [6.07, 6.45) is 1.48. The molecular weight excluding hydrogens is 478 g/mol. The molecule has 1 saturated heterocycles. The maximum Gasteiger partial charge on any atom is 0.271 e. The quantitative estimate of drug-likeness (QED) is 0.525. The van der Waals surface area contributed by atoms with Crippen molar-refractivity contribution in [1.82, 2.24) is 4.57 Å². The number of nitriles is 1. The molecule has 0 spiro atoms. The number of rotatable bonds is 5. The minimum absolute atomic E-state index is 0.0918. The molecule has 10 heteroatoms. The molecule has 2 aromatic carbocycles. The Bertz CT molecular complexity index is 1490. The number of sulfone groups is 1. The Morgan fingerprint density at radius 1 is 1.26 bits per heavy atom. The largest absolute Gasteiger partial charge is 0.494 e. The fourth-order valence-corrected chi connectivity index (χ4v) is 5.71. The van der Waals surface area contributed by atoms with E-state index < -0.39 is 27.3 Å². The van der Waals surface area contributed by atoms with Crippen molar-refractivity contribution in [2.75, 3.05) is 11.5 Å². The number of aliphatic imine (C=N–C) groups is 1. The van der Waals surface area contributed by atoms with Gasteiger partial charge in [0.1, 0.15) is 23.1 Å². The lowest BCUT2D eigenvalue weighted by Gasteiger charge is -2.18. The first kappa shape index (κ1) is 23.5. The molecular formula is C24H20ClN3O5S. The van der Waals surface area contributed by atoms with E-state index in [0.717, 1.165) is 4.57 Å². The number of para-hydroxylation sites is 1. The summed E-state index contributed by atoms with van der Waals surface area (Å²) in [6, 6.07) is 15.0. The Hall–Kier alpha value is -3.61. The van der Waals surface area contributed by atoms with Crippen molar-refractivity contribution < 1.29 is 18.3 Å². The predicted molar refractivity (Wildman–Crippen MR) is 129 cm³/mol. The third-order valence-corrected chi connectivity index (χ3v) is 7.58. The molecule has 1 atom stereocenters. The summed E-state index contributed by atoms with van der Waals surface area (Å²) >= 11 is 6.15. The van der Waals surface area contributed by atoms with Crippen LogP contribution in [0.2, 0.25) is 5.02 Å². The van der Waals surface area contributed by atoms with Crippen molar-refractivity contribution in [3.05, 3.63) is 80.6 Å². The zero-order chi connectivity index (χ0) is 24.5. The van der Waals surface area contributed by atoms with Crippen LogP contribution in [0, 0.1) is 18.3 Å². The van der Waals surface area contributed by atoms with Gasteiger partial charge in [-0.2, -0.15) is 5.26 Å². The lowest BCUT2D eigenvalue weighted by molar-refractivity contribution is 0.379. The molecule has 1 aliphatic rings. The molecule has 1 aliphatic heterocycles. The number of halogens is 1. The van der Waals surface area contributed by atoms with E-state index in [9.17, 15) is 23.6 Å². The van der Waals surface area contributed by atoms with Crippen LogP contribution in [-0.2, 0) is 9.84 Å². The second-order valence-corrected chi connectivity index (χ2v) is 10.5. The Kier molecular flexibility index (Phi) is 6.46. The summed E-state index contributed by atoms with van der Waals surface area (Å²) in [7, 11) is -3.33. The van der Waals surface area contributed by atoms with Gasteiger partial charge in [0.05, 0.1) is 23.1 Å². The molecule has 0 radical (unpaired) electrons. The maximum atomic E-state index is 12.9. The number of aromatic nitrogens is 1. The molecule has 1 unspecified atom stereocenters. The van der Waals surface area contributed by atoms with E-state index in [2.05, 4.69) is 4.99 Å². The predicted octanol–water partition coefficient (Wildman–Crippen LogP) is 4.29. The highest BCUT2D eigenvalue weighted by Gasteiger charge is 2.33. The van der Waals surface area contributed by atoms with Crippen LogP contribution in [0.15, 0.2) is 58.3 Å². The minimum Gasteiger partial charge on any atom is -0.494 e. The van der Waals surface area contributed by atoms with Gasteiger partial charge in [-0.05, 0) is 49.2 Å². The van der Waals surface area contributed by atoms with Gasteiger partial charge >= 0.3 is 0 Å². The van der Waals surface area contributed by atoms with E-state index in [4.69, 9.17) is 16.3 Å². The lowest BCUT2D eigenvalue weighted by atomic mass is 10.0. The maximum absolute atomic E-state index is 12.9. The van der Waals surface area contributed by atoms with E-state index in [1.54, 1.807) is 30.3 Å². The first-order valence-corrected chi connectivity index (χ1v) is 12.5. The van der Waals surface area contributed by atoms with Crippen LogP contribution in [0.25, 0.3) is 0 Å². The van der Waals surface area contributed by atoms with Crippen molar-refractivity contribution in [3.63, 3.8) is 0 Å². The van der Waals surface area contributed by atoms with Crippen molar-refractivity contribution in [3.8, 4) is 23.4 Å². The molecule has 174 valence electrons. The van der Waals surface area contributed by atoms with E-state index in [1.165, 1.54) is 13.1 Å². The minimum atomic E-state index is -3.33. The van der Waals surface area contributed by atoms with Crippen LogP contribution < -0.4 is 10.3 Å². The molecule has 0 saturated carbocycles. The van der Waals surface area contributed by atoms with E-state index >= 15 is 0 Å². The fraction of sp³-hybridized carbons (Fsp3) is 0.208. The molecule has 2 heterocycles. The van der Waals surface area contributed by atoms with Gasteiger partial charge in [0, 0.05) is 11.2 Å². The van der Waals surface area contributed by atoms with Gasteiger partial charge < -0.3 is 9.84 Å². The highest BCUT2D eigenvalue weighted by Crippen LogP contribution is 2.35. The highest BCUT2D eigenvalue weighted by molar-refractivity contribution is 7.91. The molecule has 1 fully saturated rings. The van der Waals surface area contributed by atoms with Gasteiger partial charge in [0.25, 0.3) is 5.56 Å². The summed E-state index contributed by atoms with van der Waals surface area (Å²) in [6.45, 7) is 1.52. The van der Waals surface area contributed by atoms with Crippen molar-refractivity contribution in [2.24, 2.45) is 4.99 Å². The molecule has 1 N–H and O–H groups in total. The summed E-state index contributed by atoms with van der Waals surface area (Å²) in [5, 5.41) is 20.9. The number of hydrogen-bond acceptors (Lipinski definition) is 7. The van der Waals surface area contributed by atoms with Crippen LogP contribution in [0.5, 0.6) is 17.4 Å². The number of benzene rings is 2. The highest BCUT2D eigenvalue weighted by atomic mass is 35.5. The van der Waals surface area contributed by atoms with Gasteiger partial charge in [-0.15, -0.1) is 0 Å². The molecule has 34 heavy (non-hydrogen) atoms. The summed E-state index contributed by atoms with van der Waals surface area (Å²) in [5.74, 6) is 0.169. The lowest BCUT2D eigenvalue weighted by Crippen LogP contribution is -2.29. The Morgan fingerprint density at radius 2 is 2.00 bits per heavy atom. The second kappa shape index (κ2) is 9.33. The average molecular weight is 498 g/mol. The third-order valence-electron chi connectivity index (χ3n) is 5.59. The van der Waals surface area contributed by atoms with E-state index in [0.29, 0.717) is 22.2 Å². The van der Waals surface area contributed by atoms with Gasteiger partial charge in [-0.25, -0.2) is 8.42 Å². The smallest absolute Gasteiger partial charge is 0.271 e. The van der Waals surface area contributed by atoms with E-state index in [1.807, 2.05) is 24.3 Å². The van der Waals surface area contributed by atoms with Crippen molar-refractivity contribution >= 4 is 33.3 Å². The molecule has 0 amide bonds. The zero-order valence-corrected chi connectivity index (χ0v) is 19.7. The second-order valence-electron chi connectivity index (χ2n) is 7.87. The van der Waals surface area contributed by atoms with Gasteiger partial charge in [-0.3, -0.25) is 14.4 Å². The van der Waals surface area contributed by atoms with E-state index in [-0.39, 0.29) is 34.6 Å². The molecule has 0 aliphatic carbocycles. The normalized spacial score (nSPS) is 17.0. The topological polar surface area (TPSA) is 122 Å². The number of ether oxygens (including phenoxy) is 1. The number of pyridine rings is 1. The first-order valence-electron chi connectivity index (χ1n) is 10.4. The summed E-state index contributed by atoms with van der Waals surface area (Å²) in [5.41, 5.74) is -0.192. The number of aromatic hydroxyl groups is 1. The first-order chi connectivity index (χ1) is 16.2. The number of hydrogen-bond donors (Lipinski definition) is 1. The van der Waals surface area contributed by atoms with Crippen molar-refractivity contribution in [1.29, 1.82) is 5.26 Å². The van der Waals surface area contributed by atoms with Gasteiger partial charge in [0.2, 0.25) is 5.88 Å². The molecule has 8 nitrogen and oxygen atoms in total.